The molecule has 1 N–H and O–H groups in total. The van der Waals surface area contributed by atoms with Crippen molar-refractivity contribution in [2.45, 2.75) is 25.4 Å². The Bertz CT molecular complexity index is 612. The fraction of sp³-hybridized carbons (Fsp3) is 0.333. The summed E-state index contributed by atoms with van der Waals surface area (Å²) in [5.74, 6) is 6.09. The minimum Gasteiger partial charge on any atom is -0.339 e. The Morgan fingerprint density at radius 1 is 1.32 bits per heavy atom. The lowest BCUT2D eigenvalue weighted by Gasteiger charge is -2.01. The van der Waals surface area contributed by atoms with Crippen LogP contribution in [0.1, 0.15) is 29.8 Å². The van der Waals surface area contributed by atoms with E-state index in [1.165, 1.54) is 12.8 Å². The third-order valence-corrected chi connectivity index (χ3v) is 3.01. The fourth-order valence-electron chi connectivity index (χ4n) is 1.75. The summed E-state index contributed by atoms with van der Waals surface area (Å²) in [7, 11) is 1.93. The van der Waals surface area contributed by atoms with Crippen molar-refractivity contribution in [2.75, 3.05) is 0 Å². The fourth-order valence-corrected chi connectivity index (χ4v) is 1.75. The second-order valence-corrected chi connectivity index (χ2v) is 4.87. The Hall–Kier alpha value is -2.12. The van der Waals surface area contributed by atoms with Crippen molar-refractivity contribution < 1.29 is 0 Å². The summed E-state index contributed by atoms with van der Waals surface area (Å²) in [6, 6.07) is 4.75. The van der Waals surface area contributed by atoms with Gasteiger partial charge in [-0.1, -0.05) is 5.92 Å². The van der Waals surface area contributed by atoms with Crippen molar-refractivity contribution in [3.8, 4) is 11.8 Å². The number of nitrogens with one attached hydrogen (secondary N) is 1. The lowest BCUT2D eigenvalue weighted by Crippen LogP contribution is -2.16. The van der Waals surface area contributed by atoms with E-state index < -0.39 is 0 Å². The molecule has 96 valence electrons. The molecule has 19 heavy (non-hydrogen) atoms. The van der Waals surface area contributed by atoms with Crippen LogP contribution in [-0.4, -0.2) is 20.6 Å². The average molecular weight is 252 g/mol. The first-order valence-electron chi connectivity index (χ1n) is 6.48. The molecule has 3 rings (SSSR count). The zero-order valence-corrected chi connectivity index (χ0v) is 10.9. The van der Waals surface area contributed by atoms with Gasteiger partial charge in [0.2, 0.25) is 0 Å². The van der Waals surface area contributed by atoms with E-state index in [1.54, 1.807) is 6.33 Å². The number of aryl methyl sites for hydroxylation is 1. The highest BCUT2D eigenvalue weighted by Crippen LogP contribution is 2.18. The average Bonchev–Trinajstić information content (AvgIpc) is 3.17. The first-order valence-corrected chi connectivity index (χ1v) is 6.48. The molecule has 2 aromatic rings. The highest BCUT2D eigenvalue weighted by Gasteiger charge is 2.19. The van der Waals surface area contributed by atoms with Crippen LogP contribution in [-0.2, 0) is 13.6 Å². The number of imidazole rings is 1. The molecule has 0 unspecified atom stereocenters. The van der Waals surface area contributed by atoms with Gasteiger partial charge < -0.3 is 9.88 Å². The second kappa shape index (κ2) is 5.25. The van der Waals surface area contributed by atoms with E-state index in [0.717, 1.165) is 23.5 Å². The maximum atomic E-state index is 4.41. The zero-order valence-electron chi connectivity index (χ0n) is 10.9. The first-order chi connectivity index (χ1) is 9.29. The monoisotopic (exact) mass is 252 g/mol. The van der Waals surface area contributed by atoms with Gasteiger partial charge in [-0.15, -0.1) is 0 Å². The molecule has 4 nitrogen and oxygen atoms in total. The predicted octanol–water partition coefficient (Wildman–Crippen LogP) is 1.47. The van der Waals surface area contributed by atoms with E-state index in [-0.39, 0.29) is 0 Å². The van der Waals surface area contributed by atoms with Crippen LogP contribution in [0.15, 0.2) is 30.9 Å². The Balaban J connectivity index is 1.63. The minimum atomic E-state index is 0.713. The van der Waals surface area contributed by atoms with Crippen molar-refractivity contribution in [2.24, 2.45) is 7.05 Å². The lowest BCUT2D eigenvalue weighted by molar-refractivity contribution is 0.674. The molecule has 2 aromatic heterocycles. The molecule has 1 aliphatic rings. The van der Waals surface area contributed by atoms with Gasteiger partial charge in [0, 0.05) is 37.6 Å². The highest BCUT2D eigenvalue weighted by atomic mass is 15.0. The van der Waals surface area contributed by atoms with Gasteiger partial charge in [0.25, 0.3) is 0 Å². The van der Waals surface area contributed by atoms with Crippen LogP contribution in [0.25, 0.3) is 0 Å². The topological polar surface area (TPSA) is 42.7 Å². The minimum absolute atomic E-state index is 0.713. The molecule has 0 aliphatic heterocycles. The van der Waals surface area contributed by atoms with Crippen LogP contribution < -0.4 is 5.32 Å². The number of pyridine rings is 1. The molecule has 1 fully saturated rings. The van der Waals surface area contributed by atoms with Crippen LogP contribution in [0.2, 0.25) is 0 Å². The van der Waals surface area contributed by atoms with Crippen molar-refractivity contribution >= 4 is 0 Å². The zero-order chi connectivity index (χ0) is 13.1. The van der Waals surface area contributed by atoms with Gasteiger partial charge in [-0.2, -0.15) is 0 Å². The molecule has 2 heterocycles. The molecular weight excluding hydrogens is 236 g/mol. The molecule has 0 spiro atoms. The number of nitrogens with zero attached hydrogens (tertiary/aromatic N) is 3. The Morgan fingerprint density at radius 3 is 2.84 bits per heavy atom. The SMILES string of the molecule is Cn1cnc(C#Cc2ccc(CNC3CC3)nc2)c1. The quantitative estimate of drug-likeness (QED) is 0.841. The van der Waals surface area contributed by atoms with Crippen LogP contribution in [0.4, 0.5) is 0 Å². The van der Waals surface area contributed by atoms with E-state index in [9.17, 15) is 0 Å². The van der Waals surface area contributed by atoms with Gasteiger partial charge in [0.05, 0.1) is 12.0 Å². The van der Waals surface area contributed by atoms with E-state index in [0.29, 0.717) is 6.04 Å². The summed E-state index contributed by atoms with van der Waals surface area (Å²) in [6.07, 6.45) is 8.06. The molecule has 0 aromatic carbocycles. The summed E-state index contributed by atoms with van der Waals surface area (Å²) < 4.78 is 1.88. The highest BCUT2D eigenvalue weighted by molar-refractivity contribution is 5.38. The van der Waals surface area contributed by atoms with Crippen LogP contribution >= 0.6 is 0 Å². The molecule has 0 radical (unpaired) electrons. The van der Waals surface area contributed by atoms with E-state index in [1.807, 2.05) is 36.1 Å². The van der Waals surface area contributed by atoms with Gasteiger partial charge in [0.15, 0.2) is 0 Å². The summed E-state index contributed by atoms with van der Waals surface area (Å²) in [6.45, 7) is 0.846. The van der Waals surface area contributed by atoms with Gasteiger partial charge in [-0.25, -0.2) is 4.98 Å². The van der Waals surface area contributed by atoms with E-state index in [4.69, 9.17) is 0 Å². The summed E-state index contributed by atoms with van der Waals surface area (Å²) in [4.78, 5) is 8.57. The molecule has 0 bridgehead atoms. The smallest absolute Gasteiger partial charge is 0.131 e. The standard InChI is InChI=1S/C15H16N4/c1-19-10-15(18-11-19)5-3-12-2-4-14(16-8-12)9-17-13-6-7-13/h2,4,8,10-11,13,17H,6-7,9H2,1H3. The number of aromatic nitrogens is 3. The normalized spacial score (nSPS) is 13.9. The predicted molar refractivity (Wildman–Crippen MR) is 73.3 cm³/mol. The largest absolute Gasteiger partial charge is 0.339 e. The van der Waals surface area contributed by atoms with E-state index >= 15 is 0 Å². The number of hydrogen-bond acceptors (Lipinski definition) is 3. The number of hydrogen-bond donors (Lipinski definition) is 1. The summed E-state index contributed by atoms with van der Waals surface area (Å²) in [5, 5.41) is 3.44. The Kier molecular flexibility index (Phi) is 3.30. The molecule has 1 aliphatic carbocycles. The van der Waals surface area contributed by atoms with Gasteiger partial charge >= 0.3 is 0 Å². The van der Waals surface area contributed by atoms with Crippen LogP contribution in [0, 0.1) is 11.8 Å². The molecule has 0 saturated heterocycles. The molecular formula is C15H16N4. The lowest BCUT2D eigenvalue weighted by atomic mass is 10.2. The first kappa shape index (κ1) is 11.9. The number of rotatable bonds is 3. The van der Waals surface area contributed by atoms with Crippen molar-refractivity contribution in [1.29, 1.82) is 0 Å². The van der Waals surface area contributed by atoms with Crippen molar-refractivity contribution in [3.63, 3.8) is 0 Å². The van der Waals surface area contributed by atoms with Gasteiger partial charge in [0.1, 0.15) is 5.69 Å². The third kappa shape index (κ3) is 3.43. The molecule has 0 atom stereocenters. The second-order valence-electron chi connectivity index (χ2n) is 4.87. The van der Waals surface area contributed by atoms with Crippen LogP contribution in [0.5, 0.6) is 0 Å². The molecule has 0 amide bonds. The van der Waals surface area contributed by atoms with Crippen LogP contribution in [0.3, 0.4) is 0 Å². The maximum Gasteiger partial charge on any atom is 0.131 e. The third-order valence-electron chi connectivity index (χ3n) is 3.01. The Labute approximate surface area is 112 Å². The van der Waals surface area contributed by atoms with E-state index in [2.05, 4.69) is 27.1 Å². The maximum absolute atomic E-state index is 4.41. The Morgan fingerprint density at radius 2 is 2.21 bits per heavy atom. The summed E-state index contributed by atoms with van der Waals surface area (Å²) >= 11 is 0. The van der Waals surface area contributed by atoms with Crippen molar-refractivity contribution in [1.82, 2.24) is 19.9 Å². The summed E-state index contributed by atoms with van der Waals surface area (Å²) in [5.41, 5.74) is 2.76. The molecule has 4 heteroatoms. The van der Waals surface area contributed by atoms with Gasteiger partial charge in [-0.3, -0.25) is 4.98 Å². The van der Waals surface area contributed by atoms with Gasteiger partial charge in [-0.05, 0) is 30.9 Å². The van der Waals surface area contributed by atoms with Crippen molar-refractivity contribution in [3.05, 3.63) is 47.8 Å². The molecule has 1 saturated carbocycles.